The molecule has 3 aromatic rings. The van der Waals surface area contributed by atoms with Gasteiger partial charge >= 0.3 is 0 Å². The predicted molar refractivity (Wildman–Crippen MR) is 122 cm³/mol. The Morgan fingerprint density at radius 3 is 2.25 bits per heavy atom. The second-order valence-electron chi connectivity index (χ2n) is 6.88. The number of nitrogens with zero attached hydrogens (tertiary/aromatic N) is 1. The molecular formula is C24H24N2O5S. The lowest BCUT2D eigenvalue weighted by Gasteiger charge is -2.07. The lowest BCUT2D eigenvalue weighted by Crippen LogP contribution is -2.18. The Bertz CT molecular complexity index is 1180. The third-order valence-corrected chi connectivity index (χ3v) is 5.04. The van der Waals surface area contributed by atoms with Crippen LogP contribution >= 0.6 is 0 Å². The highest BCUT2D eigenvalue weighted by atomic mass is 32.2. The molecule has 0 spiro atoms. The van der Waals surface area contributed by atoms with Crippen molar-refractivity contribution < 1.29 is 22.9 Å². The molecule has 0 aliphatic rings. The van der Waals surface area contributed by atoms with Gasteiger partial charge in [-0.05, 0) is 67.9 Å². The van der Waals surface area contributed by atoms with Crippen LogP contribution < -0.4 is 10.2 Å². The average molecular weight is 453 g/mol. The molecule has 0 fully saturated rings. The highest BCUT2D eigenvalue weighted by Gasteiger charge is 2.06. The number of hydrogen-bond donors (Lipinski definition) is 3. The maximum Gasteiger partial charge on any atom is 0.294 e. The number of nitriles is 1. The second kappa shape index (κ2) is 11.8. The third kappa shape index (κ3) is 8.34. The summed E-state index contributed by atoms with van der Waals surface area (Å²) in [6, 6.07) is 22.5. The molecule has 0 bridgehead atoms. The summed E-state index contributed by atoms with van der Waals surface area (Å²) in [6.07, 6.45) is 3.75. The van der Waals surface area contributed by atoms with Gasteiger partial charge in [-0.3, -0.25) is 4.55 Å². The fraction of sp³-hybridized carbons (Fsp3) is 0.125. The molecule has 3 aromatic carbocycles. The highest BCUT2D eigenvalue weighted by Crippen LogP contribution is 2.23. The molecule has 8 heteroatoms. The molecule has 0 aliphatic heterocycles. The van der Waals surface area contributed by atoms with Gasteiger partial charge in [-0.25, -0.2) is 0 Å². The van der Waals surface area contributed by atoms with Crippen LogP contribution in [0, 0.1) is 18.3 Å². The molecule has 0 radical (unpaired) electrons. The second-order valence-corrected chi connectivity index (χ2v) is 8.30. The molecule has 0 saturated heterocycles. The first-order chi connectivity index (χ1) is 15.2. The fourth-order valence-electron chi connectivity index (χ4n) is 2.42. The maximum atomic E-state index is 10.5. The van der Waals surface area contributed by atoms with Crippen LogP contribution in [-0.4, -0.2) is 24.2 Å². The zero-order valence-corrected chi connectivity index (χ0v) is 18.5. The third-order valence-electron chi connectivity index (χ3n) is 4.18. The van der Waals surface area contributed by atoms with Crippen molar-refractivity contribution in [2.24, 2.45) is 0 Å². The van der Waals surface area contributed by atoms with Gasteiger partial charge in [0.15, 0.2) is 0 Å². The number of hydroxylamine groups is 1. The Labute approximate surface area is 187 Å². The first kappa shape index (κ1) is 24.8. The maximum absolute atomic E-state index is 10.5. The van der Waals surface area contributed by atoms with Crippen LogP contribution in [-0.2, 0) is 10.1 Å². The van der Waals surface area contributed by atoms with Crippen molar-refractivity contribution >= 4 is 16.2 Å². The van der Waals surface area contributed by atoms with E-state index in [2.05, 4.69) is 11.5 Å². The van der Waals surface area contributed by atoms with Crippen LogP contribution in [0.25, 0.3) is 6.08 Å². The number of rotatable bonds is 6. The summed E-state index contributed by atoms with van der Waals surface area (Å²) < 4.78 is 35.3. The van der Waals surface area contributed by atoms with Crippen LogP contribution in [0.15, 0.2) is 83.8 Å². The number of benzene rings is 3. The predicted octanol–water partition coefficient (Wildman–Crippen LogP) is 4.97. The minimum atomic E-state index is -4.02. The number of hydrogen-bond acceptors (Lipinski definition) is 6. The van der Waals surface area contributed by atoms with Gasteiger partial charge in [0.05, 0.1) is 16.5 Å². The molecule has 166 valence electrons. The van der Waals surface area contributed by atoms with Crippen LogP contribution in [0.3, 0.4) is 0 Å². The summed E-state index contributed by atoms with van der Waals surface area (Å²) in [5.41, 5.74) is 4.69. The molecule has 3 N–H and O–H groups in total. The number of nitrogens with one attached hydrogen (secondary N) is 1. The summed E-state index contributed by atoms with van der Waals surface area (Å²) in [5.74, 6) is 1.40. The summed E-state index contributed by atoms with van der Waals surface area (Å²) in [6.45, 7) is 3.68. The van der Waals surface area contributed by atoms with E-state index >= 15 is 0 Å². The Morgan fingerprint density at radius 2 is 1.69 bits per heavy atom. The monoisotopic (exact) mass is 452 g/mol. The molecule has 3 rings (SSSR count). The summed E-state index contributed by atoms with van der Waals surface area (Å²) in [4.78, 5) is -0.0666. The van der Waals surface area contributed by atoms with Crippen LogP contribution in [0.4, 0.5) is 0 Å². The largest absolute Gasteiger partial charge is 0.457 e. The van der Waals surface area contributed by atoms with Gasteiger partial charge < -0.3 is 9.94 Å². The molecule has 0 amide bonds. The molecule has 0 saturated carbocycles. The Morgan fingerprint density at radius 1 is 1.03 bits per heavy atom. The lowest BCUT2D eigenvalue weighted by molar-refractivity contribution is 0.150. The molecular weight excluding hydrogens is 428 g/mol. The fourth-order valence-corrected chi connectivity index (χ4v) is 2.90. The van der Waals surface area contributed by atoms with Crippen molar-refractivity contribution in [1.82, 2.24) is 5.48 Å². The average Bonchev–Trinajstić information content (AvgIpc) is 2.78. The minimum absolute atomic E-state index is 0.0666. The van der Waals surface area contributed by atoms with E-state index < -0.39 is 10.1 Å². The van der Waals surface area contributed by atoms with E-state index in [4.69, 9.17) is 19.8 Å². The van der Waals surface area contributed by atoms with E-state index in [0.29, 0.717) is 17.1 Å². The van der Waals surface area contributed by atoms with Crippen molar-refractivity contribution in [3.63, 3.8) is 0 Å². The van der Waals surface area contributed by atoms with Gasteiger partial charge in [0.25, 0.3) is 10.1 Å². The van der Waals surface area contributed by atoms with Gasteiger partial charge in [-0.2, -0.15) is 19.2 Å². The number of ether oxygens (including phenoxy) is 1. The molecule has 1 atom stereocenters. The quantitative estimate of drug-likeness (QED) is 0.357. The van der Waals surface area contributed by atoms with Crippen LogP contribution in [0.2, 0.25) is 0 Å². The van der Waals surface area contributed by atoms with E-state index in [-0.39, 0.29) is 10.9 Å². The van der Waals surface area contributed by atoms with E-state index in [1.807, 2.05) is 50.3 Å². The van der Waals surface area contributed by atoms with Gasteiger partial charge in [0.2, 0.25) is 0 Å². The van der Waals surface area contributed by atoms with Crippen molar-refractivity contribution in [2.75, 3.05) is 0 Å². The molecule has 0 aliphatic carbocycles. The lowest BCUT2D eigenvalue weighted by atomic mass is 10.1. The minimum Gasteiger partial charge on any atom is -0.457 e. The van der Waals surface area contributed by atoms with Crippen molar-refractivity contribution in [3.05, 3.63) is 95.6 Å². The van der Waals surface area contributed by atoms with Crippen LogP contribution in [0.5, 0.6) is 11.5 Å². The van der Waals surface area contributed by atoms with Gasteiger partial charge in [0.1, 0.15) is 11.5 Å². The Hall–Kier alpha value is -3.48. The van der Waals surface area contributed by atoms with Crippen molar-refractivity contribution in [1.29, 1.82) is 5.26 Å². The van der Waals surface area contributed by atoms with Gasteiger partial charge in [0, 0.05) is 6.04 Å². The standard InChI is InChI=1S/C17H16N2O2.C7H8O3S/c1-13(19-20)5-6-14-3-2-4-17(11-14)21-16-9-7-15(12-18)8-10-16;1-6-2-4-7(5-3-6)11(8,9)10/h2-11,13,19-20H,1H3;2-5H,1H3,(H,8,9,10)/b6-5+;. The Kier molecular flexibility index (Phi) is 9.13. The summed E-state index contributed by atoms with van der Waals surface area (Å²) in [7, 11) is -4.02. The first-order valence-corrected chi connectivity index (χ1v) is 11.1. The molecule has 7 nitrogen and oxygen atoms in total. The number of aryl methyl sites for hydroxylation is 1. The normalized spacial score (nSPS) is 11.8. The van der Waals surface area contributed by atoms with Crippen molar-refractivity contribution in [2.45, 2.75) is 24.8 Å². The summed E-state index contributed by atoms with van der Waals surface area (Å²) >= 11 is 0. The van der Waals surface area contributed by atoms with E-state index in [1.165, 1.54) is 12.1 Å². The van der Waals surface area contributed by atoms with Crippen LogP contribution in [0.1, 0.15) is 23.6 Å². The molecule has 0 aromatic heterocycles. The zero-order valence-electron chi connectivity index (χ0n) is 17.6. The first-order valence-electron chi connectivity index (χ1n) is 9.61. The smallest absolute Gasteiger partial charge is 0.294 e. The Balaban J connectivity index is 0.000000278. The SMILES string of the molecule is CC(/C=C/c1cccc(Oc2ccc(C#N)cc2)c1)NO.Cc1ccc(S(=O)(=O)O)cc1. The molecule has 32 heavy (non-hydrogen) atoms. The van der Waals surface area contributed by atoms with Gasteiger partial charge in [-0.1, -0.05) is 42.0 Å². The van der Waals surface area contributed by atoms with Crippen molar-refractivity contribution in [3.8, 4) is 17.6 Å². The molecule has 0 heterocycles. The highest BCUT2D eigenvalue weighted by molar-refractivity contribution is 7.85. The van der Waals surface area contributed by atoms with Gasteiger partial charge in [-0.15, -0.1) is 0 Å². The molecule has 1 unspecified atom stereocenters. The topological polar surface area (TPSA) is 120 Å². The van der Waals surface area contributed by atoms with E-state index in [0.717, 1.165) is 11.1 Å². The van der Waals surface area contributed by atoms with E-state index in [1.54, 1.807) is 36.4 Å². The zero-order chi connectivity index (χ0) is 23.6. The summed E-state index contributed by atoms with van der Waals surface area (Å²) in [5, 5.41) is 17.5. The van der Waals surface area contributed by atoms with E-state index in [9.17, 15) is 8.42 Å².